The van der Waals surface area contributed by atoms with Crippen LogP contribution in [-0.2, 0) is 0 Å². The summed E-state index contributed by atoms with van der Waals surface area (Å²) in [5.74, 6) is 0. The van der Waals surface area contributed by atoms with Crippen molar-refractivity contribution in [3.05, 3.63) is 224 Å². The molecular weight excluding hydrogens is 739 g/mol. The predicted octanol–water partition coefficient (Wildman–Crippen LogP) is 15.9. The van der Waals surface area contributed by atoms with E-state index in [-0.39, 0.29) is 0 Å². The smallest absolute Gasteiger partial charge is 0.0553 e. The Hall–Kier alpha value is -8.14. The molecule has 284 valence electrons. The lowest BCUT2D eigenvalue weighted by Gasteiger charge is -2.26. The fraction of sp³-hybridized carbons (Fsp3) is 0. The lowest BCUT2D eigenvalue weighted by molar-refractivity contribution is 1.18. The van der Waals surface area contributed by atoms with Crippen LogP contribution in [0.1, 0.15) is 0 Å². The van der Waals surface area contributed by atoms with Gasteiger partial charge in [-0.1, -0.05) is 140 Å². The number of benzene rings is 11. The Labute approximate surface area is 352 Å². The van der Waals surface area contributed by atoms with E-state index in [9.17, 15) is 0 Å². The lowest BCUT2D eigenvalue weighted by Crippen LogP contribution is -2.09. The molecule has 0 saturated carbocycles. The van der Waals surface area contributed by atoms with Gasteiger partial charge in [0.15, 0.2) is 0 Å². The zero-order valence-corrected chi connectivity index (χ0v) is 33.2. The summed E-state index contributed by atoms with van der Waals surface area (Å²) in [6.07, 6.45) is 0. The van der Waals surface area contributed by atoms with Gasteiger partial charge in [-0.2, -0.15) is 0 Å². The summed E-state index contributed by atoms with van der Waals surface area (Å²) in [4.78, 5) is 2.37. The van der Waals surface area contributed by atoms with Crippen LogP contribution in [0.25, 0.3) is 98.4 Å². The molecule has 0 saturated heterocycles. The fourth-order valence-electron chi connectivity index (χ4n) is 10.2. The minimum absolute atomic E-state index is 1.11. The predicted molar refractivity (Wildman–Crippen MR) is 259 cm³/mol. The normalized spacial score (nSPS) is 11.9. The van der Waals surface area contributed by atoms with Gasteiger partial charge >= 0.3 is 0 Å². The molecule has 0 unspecified atom stereocenters. The second kappa shape index (κ2) is 13.2. The van der Waals surface area contributed by atoms with Crippen molar-refractivity contribution < 1.29 is 0 Å². The molecule has 0 bridgehead atoms. The Kier molecular flexibility index (Phi) is 7.31. The number of hydrogen-bond donors (Lipinski definition) is 0. The molecule has 0 fully saturated rings. The number of para-hydroxylation sites is 5. The average Bonchev–Trinajstić information content (AvgIpc) is 3.84. The van der Waals surface area contributed by atoms with Gasteiger partial charge in [-0.3, -0.25) is 0 Å². The molecule has 3 heteroatoms. The highest BCUT2D eigenvalue weighted by atomic mass is 15.1. The first-order valence-corrected chi connectivity index (χ1v) is 21.0. The Bertz CT molecular complexity index is 3790. The molecule has 0 atom stereocenters. The van der Waals surface area contributed by atoms with Crippen molar-refractivity contribution in [2.45, 2.75) is 0 Å². The summed E-state index contributed by atoms with van der Waals surface area (Å²) in [7, 11) is 0. The summed E-state index contributed by atoms with van der Waals surface area (Å²) in [6, 6.07) is 82.1. The van der Waals surface area contributed by atoms with Crippen molar-refractivity contribution in [2.75, 3.05) is 4.90 Å². The maximum atomic E-state index is 2.42. The summed E-state index contributed by atoms with van der Waals surface area (Å²) >= 11 is 0. The lowest BCUT2D eigenvalue weighted by atomic mass is 9.88. The van der Waals surface area contributed by atoms with Crippen LogP contribution in [0.5, 0.6) is 0 Å². The van der Waals surface area contributed by atoms with E-state index in [4.69, 9.17) is 0 Å². The molecule has 0 aliphatic heterocycles. The quantitative estimate of drug-likeness (QED) is 0.153. The highest BCUT2D eigenvalue weighted by molar-refractivity contribution is 6.34. The van der Waals surface area contributed by atoms with E-state index in [0.29, 0.717) is 0 Å². The van der Waals surface area contributed by atoms with Gasteiger partial charge in [0.05, 0.1) is 22.1 Å². The molecule has 0 radical (unpaired) electrons. The molecule has 3 nitrogen and oxygen atoms in total. The van der Waals surface area contributed by atoms with Crippen LogP contribution in [0, 0.1) is 0 Å². The van der Waals surface area contributed by atoms with Gasteiger partial charge in [-0.25, -0.2) is 0 Å². The SMILES string of the molecule is c1ccc(N(c2ccc(-c3ccc4ccc5c6c(ccc3c46)cc3c5c4ccccc4n3-c3ccccc3)cc2)c2ccc3c(c2)c2ccccc2n3-c2ccccc2)cc1. The maximum Gasteiger partial charge on any atom is 0.0553 e. The molecule has 13 aromatic rings. The molecule has 61 heavy (non-hydrogen) atoms. The Morgan fingerprint density at radius 1 is 0.279 bits per heavy atom. The highest BCUT2D eigenvalue weighted by Crippen LogP contribution is 2.46. The van der Waals surface area contributed by atoms with Gasteiger partial charge in [-0.15, -0.1) is 0 Å². The van der Waals surface area contributed by atoms with E-state index < -0.39 is 0 Å². The minimum Gasteiger partial charge on any atom is -0.310 e. The summed E-state index contributed by atoms with van der Waals surface area (Å²) < 4.78 is 4.80. The highest BCUT2D eigenvalue weighted by Gasteiger charge is 2.21. The van der Waals surface area contributed by atoms with Crippen molar-refractivity contribution in [1.29, 1.82) is 0 Å². The van der Waals surface area contributed by atoms with E-state index in [0.717, 1.165) is 22.7 Å². The average molecular weight is 776 g/mol. The molecule has 2 heterocycles. The largest absolute Gasteiger partial charge is 0.310 e. The zero-order valence-electron chi connectivity index (χ0n) is 33.2. The van der Waals surface area contributed by atoms with Crippen molar-refractivity contribution in [3.8, 4) is 22.5 Å². The molecule has 13 rings (SSSR count). The van der Waals surface area contributed by atoms with Gasteiger partial charge in [0.2, 0.25) is 0 Å². The Morgan fingerprint density at radius 3 is 1.54 bits per heavy atom. The summed E-state index contributed by atoms with van der Waals surface area (Å²) in [5.41, 5.74) is 13.0. The monoisotopic (exact) mass is 775 g/mol. The van der Waals surface area contributed by atoms with Gasteiger partial charge in [0.25, 0.3) is 0 Å². The van der Waals surface area contributed by atoms with Gasteiger partial charge < -0.3 is 14.0 Å². The third kappa shape index (κ3) is 5.04. The van der Waals surface area contributed by atoms with Crippen LogP contribution >= 0.6 is 0 Å². The first kappa shape index (κ1) is 33.8. The van der Waals surface area contributed by atoms with Crippen molar-refractivity contribution in [2.24, 2.45) is 0 Å². The standard InChI is InChI=1S/C58H37N3/c1-4-14-41(15-5-1)59(45-31-35-54-51(37-45)47-20-10-12-22-52(47)60(54)42-16-6-2-7-17-42)44-29-24-38(25-30-44)46-32-26-39-27-34-50-57-40(28-33-48(46)56(39)57)36-55-58(50)49-21-11-13-23-53(49)61(55)43-18-8-3-9-19-43/h1-37H. The molecular formula is C58H37N3. The molecule has 0 amide bonds. The van der Waals surface area contributed by atoms with E-state index >= 15 is 0 Å². The summed E-state index contributed by atoms with van der Waals surface area (Å²) in [5, 5.41) is 12.8. The van der Waals surface area contributed by atoms with Crippen LogP contribution in [-0.4, -0.2) is 9.13 Å². The Balaban J connectivity index is 0.961. The first-order chi connectivity index (χ1) is 30.3. The number of anilines is 3. The summed E-state index contributed by atoms with van der Waals surface area (Å²) in [6.45, 7) is 0. The van der Waals surface area contributed by atoms with Gasteiger partial charge in [0.1, 0.15) is 0 Å². The van der Waals surface area contributed by atoms with Crippen molar-refractivity contribution >= 4 is 93.0 Å². The van der Waals surface area contributed by atoms with Crippen molar-refractivity contribution in [3.63, 3.8) is 0 Å². The number of aromatic nitrogens is 2. The first-order valence-electron chi connectivity index (χ1n) is 21.0. The second-order valence-corrected chi connectivity index (χ2v) is 16.1. The van der Waals surface area contributed by atoms with E-state index in [1.165, 1.54) is 92.7 Å². The minimum atomic E-state index is 1.11. The van der Waals surface area contributed by atoms with E-state index in [2.05, 4.69) is 238 Å². The zero-order chi connectivity index (χ0) is 40.0. The maximum absolute atomic E-state index is 2.42. The molecule has 0 aliphatic rings. The van der Waals surface area contributed by atoms with Crippen LogP contribution in [0.3, 0.4) is 0 Å². The molecule has 0 aliphatic carbocycles. The number of fused-ring (bicyclic) bond motifs is 7. The second-order valence-electron chi connectivity index (χ2n) is 16.1. The molecule has 2 aromatic heterocycles. The van der Waals surface area contributed by atoms with E-state index in [1.54, 1.807) is 0 Å². The molecule has 0 spiro atoms. The van der Waals surface area contributed by atoms with Gasteiger partial charge in [-0.05, 0) is 128 Å². The number of nitrogens with zero attached hydrogens (tertiary/aromatic N) is 3. The van der Waals surface area contributed by atoms with E-state index in [1.807, 2.05) is 0 Å². The molecule has 11 aromatic carbocycles. The van der Waals surface area contributed by atoms with Crippen LogP contribution in [0.4, 0.5) is 17.1 Å². The van der Waals surface area contributed by atoms with Gasteiger partial charge in [0, 0.05) is 50.0 Å². The van der Waals surface area contributed by atoms with Crippen molar-refractivity contribution in [1.82, 2.24) is 9.13 Å². The van der Waals surface area contributed by atoms with Crippen LogP contribution in [0.2, 0.25) is 0 Å². The third-order valence-corrected chi connectivity index (χ3v) is 12.8. The topological polar surface area (TPSA) is 13.1 Å². The Morgan fingerprint density at radius 2 is 0.803 bits per heavy atom. The van der Waals surface area contributed by atoms with Crippen LogP contribution in [0.15, 0.2) is 224 Å². The number of hydrogen-bond acceptors (Lipinski definition) is 1. The molecule has 0 N–H and O–H groups in total. The third-order valence-electron chi connectivity index (χ3n) is 12.8. The number of rotatable bonds is 6. The van der Waals surface area contributed by atoms with Crippen LogP contribution < -0.4 is 4.90 Å². The fourth-order valence-corrected chi connectivity index (χ4v) is 10.2.